The highest BCUT2D eigenvalue weighted by molar-refractivity contribution is 5.98. The number of rotatable bonds is 9. The van der Waals surface area contributed by atoms with Crippen LogP contribution in [0.2, 0.25) is 0 Å². The average Bonchev–Trinajstić information content (AvgIpc) is 3.64. The molecule has 1 aromatic heterocycles. The van der Waals surface area contributed by atoms with E-state index in [9.17, 15) is 9.18 Å². The summed E-state index contributed by atoms with van der Waals surface area (Å²) in [5.41, 5.74) is 8.43. The molecule has 1 aliphatic heterocycles. The van der Waals surface area contributed by atoms with Crippen molar-refractivity contribution in [3.8, 4) is 11.5 Å². The van der Waals surface area contributed by atoms with Gasteiger partial charge in [0.15, 0.2) is 11.5 Å². The van der Waals surface area contributed by atoms with E-state index in [0.29, 0.717) is 37.1 Å². The Labute approximate surface area is 194 Å². The summed E-state index contributed by atoms with van der Waals surface area (Å²) in [4.78, 5) is 19.4. The molecule has 0 spiro atoms. The first kappa shape index (κ1) is 23.3. The maximum Gasteiger partial charge on any atom is 0.255 e. The largest absolute Gasteiger partial charge is 0.491 e. The zero-order valence-electron chi connectivity index (χ0n) is 19.4. The minimum atomic E-state index is -0.456. The average molecular weight is 457 g/mol. The van der Waals surface area contributed by atoms with Crippen LogP contribution in [0.4, 0.5) is 10.2 Å². The molecule has 33 heavy (non-hydrogen) atoms. The van der Waals surface area contributed by atoms with Crippen molar-refractivity contribution in [2.24, 2.45) is 0 Å². The molecule has 0 unspecified atom stereocenters. The Morgan fingerprint density at radius 2 is 1.76 bits per heavy atom. The van der Waals surface area contributed by atoms with E-state index in [1.165, 1.54) is 0 Å². The minimum Gasteiger partial charge on any atom is -0.491 e. The highest BCUT2D eigenvalue weighted by Gasteiger charge is 2.27. The highest BCUT2D eigenvalue weighted by atomic mass is 19.1. The van der Waals surface area contributed by atoms with Gasteiger partial charge in [-0.15, -0.1) is 0 Å². The van der Waals surface area contributed by atoms with Crippen LogP contribution in [0.5, 0.6) is 11.5 Å². The Morgan fingerprint density at radius 1 is 1.12 bits per heavy atom. The van der Waals surface area contributed by atoms with Crippen molar-refractivity contribution in [1.82, 2.24) is 15.2 Å². The van der Waals surface area contributed by atoms with Crippen molar-refractivity contribution < 1.29 is 18.7 Å². The van der Waals surface area contributed by atoms with Gasteiger partial charge in [0.05, 0.1) is 18.8 Å². The second kappa shape index (κ2) is 10.4. The van der Waals surface area contributed by atoms with Gasteiger partial charge in [-0.3, -0.25) is 9.69 Å². The number of aromatic nitrogens is 1. The number of benzene rings is 1. The third-order valence-corrected chi connectivity index (χ3v) is 6.18. The topological polar surface area (TPSA) is 89.7 Å². The van der Waals surface area contributed by atoms with E-state index < -0.39 is 5.82 Å². The van der Waals surface area contributed by atoms with Crippen LogP contribution in [0, 0.1) is 5.82 Å². The molecular weight excluding hydrogens is 423 g/mol. The van der Waals surface area contributed by atoms with E-state index in [4.69, 9.17) is 15.2 Å². The minimum absolute atomic E-state index is 0.0856. The maximum atomic E-state index is 14.5. The standard InChI is InChI=1S/C25H33FN4O3/c1-3-32-21-13-16(14-22(23(21)26)33-4-2)15-30-11-9-18(10-12-30)28-25(31)19-7-8-20(17-5-6-17)29-24(19)27/h7-8,13-14,17-18H,3-6,9-12,15H2,1-2H3,(H2,27,29)(H,28,31). The van der Waals surface area contributed by atoms with Crippen LogP contribution in [0.25, 0.3) is 0 Å². The van der Waals surface area contributed by atoms with Gasteiger partial charge in [-0.05, 0) is 69.4 Å². The Morgan fingerprint density at radius 3 is 2.30 bits per heavy atom. The molecule has 2 heterocycles. The predicted molar refractivity (Wildman–Crippen MR) is 125 cm³/mol. The molecule has 1 aromatic carbocycles. The first-order valence-corrected chi connectivity index (χ1v) is 11.9. The fourth-order valence-corrected chi connectivity index (χ4v) is 4.28. The van der Waals surface area contributed by atoms with Crippen molar-refractivity contribution >= 4 is 11.7 Å². The number of ether oxygens (including phenoxy) is 2. The molecule has 0 radical (unpaired) electrons. The predicted octanol–water partition coefficient (Wildman–Crippen LogP) is 3.87. The fourth-order valence-electron chi connectivity index (χ4n) is 4.28. The number of likely N-dealkylation sites (tertiary alicyclic amines) is 1. The molecule has 178 valence electrons. The molecule has 2 aliphatic rings. The summed E-state index contributed by atoms with van der Waals surface area (Å²) in [5, 5.41) is 3.11. The molecular formula is C25H33FN4O3. The maximum absolute atomic E-state index is 14.5. The number of carbonyl (C=O) groups excluding carboxylic acids is 1. The number of piperidine rings is 1. The summed E-state index contributed by atoms with van der Waals surface area (Å²) in [7, 11) is 0. The summed E-state index contributed by atoms with van der Waals surface area (Å²) < 4.78 is 25.4. The monoisotopic (exact) mass is 456 g/mol. The number of nitrogens with zero attached hydrogens (tertiary/aromatic N) is 2. The molecule has 0 atom stereocenters. The first-order chi connectivity index (χ1) is 16.0. The fraction of sp³-hybridized carbons (Fsp3) is 0.520. The Balaban J connectivity index is 1.32. The van der Waals surface area contributed by atoms with Crippen molar-refractivity contribution in [1.29, 1.82) is 0 Å². The molecule has 3 N–H and O–H groups in total. The molecule has 8 heteroatoms. The van der Waals surface area contributed by atoms with Gasteiger partial charge in [0.25, 0.3) is 5.91 Å². The number of nitrogen functional groups attached to an aromatic ring is 1. The summed E-state index contributed by atoms with van der Waals surface area (Å²) >= 11 is 0. The van der Waals surface area contributed by atoms with Gasteiger partial charge in [-0.2, -0.15) is 4.39 Å². The smallest absolute Gasteiger partial charge is 0.255 e. The van der Waals surface area contributed by atoms with Gasteiger partial charge in [0.2, 0.25) is 5.82 Å². The normalized spacial score (nSPS) is 17.1. The number of carbonyl (C=O) groups is 1. The molecule has 4 rings (SSSR count). The zero-order valence-corrected chi connectivity index (χ0v) is 19.4. The van der Waals surface area contributed by atoms with Crippen LogP contribution < -0.4 is 20.5 Å². The quantitative estimate of drug-likeness (QED) is 0.595. The molecule has 1 aliphatic carbocycles. The number of nitrogens with two attached hydrogens (primary N) is 1. The molecule has 7 nitrogen and oxygen atoms in total. The zero-order chi connectivity index (χ0) is 23.4. The van der Waals surface area contributed by atoms with Crippen LogP contribution >= 0.6 is 0 Å². The van der Waals surface area contributed by atoms with Gasteiger partial charge in [0, 0.05) is 37.3 Å². The molecule has 2 aromatic rings. The van der Waals surface area contributed by atoms with E-state index in [1.54, 1.807) is 18.2 Å². The number of nitrogens with one attached hydrogen (secondary N) is 1. The van der Waals surface area contributed by atoms with Crippen LogP contribution in [-0.4, -0.2) is 48.1 Å². The number of hydrogen-bond acceptors (Lipinski definition) is 6. The summed E-state index contributed by atoms with van der Waals surface area (Å²) in [6, 6.07) is 7.29. The Hall–Kier alpha value is -2.87. The van der Waals surface area contributed by atoms with E-state index in [2.05, 4.69) is 15.2 Å². The van der Waals surface area contributed by atoms with Crippen LogP contribution in [0.15, 0.2) is 24.3 Å². The number of halogens is 1. The number of anilines is 1. The third kappa shape index (κ3) is 5.74. The van der Waals surface area contributed by atoms with Crippen LogP contribution in [-0.2, 0) is 6.54 Å². The number of hydrogen-bond donors (Lipinski definition) is 2. The highest BCUT2D eigenvalue weighted by Crippen LogP contribution is 2.39. The van der Waals surface area contributed by atoms with Crippen LogP contribution in [0.1, 0.15) is 67.1 Å². The van der Waals surface area contributed by atoms with E-state index in [0.717, 1.165) is 50.0 Å². The summed E-state index contributed by atoms with van der Waals surface area (Å²) in [6.45, 7) is 6.75. The second-order valence-electron chi connectivity index (χ2n) is 8.74. The lowest BCUT2D eigenvalue weighted by Gasteiger charge is -2.32. The lowest BCUT2D eigenvalue weighted by atomic mass is 10.0. The van der Waals surface area contributed by atoms with Gasteiger partial charge >= 0.3 is 0 Å². The number of pyridine rings is 1. The molecule has 0 bridgehead atoms. The van der Waals surface area contributed by atoms with Crippen molar-refractivity contribution in [3.05, 3.63) is 46.9 Å². The van der Waals surface area contributed by atoms with Crippen molar-refractivity contribution in [2.75, 3.05) is 32.0 Å². The van der Waals surface area contributed by atoms with Crippen molar-refractivity contribution in [3.63, 3.8) is 0 Å². The Bertz CT molecular complexity index is 961. The lowest BCUT2D eigenvalue weighted by Crippen LogP contribution is -2.44. The lowest BCUT2D eigenvalue weighted by molar-refractivity contribution is 0.0909. The summed E-state index contributed by atoms with van der Waals surface area (Å²) in [6.07, 6.45) is 3.96. The van der Waals surface area contributed by atoms with Gasteiger partial charge in [-0.1, -0.05) is 0 Å². The second-order valence-corrected chi connectivity index (χ2v) is 8.74. The van der Waals surface area contributed by atoms with Crippen LogP contribution in [0.3, 0.4) is 0 Å². The van der Waals surface area contributed by atoms with Crippen molar-refractivity contribution in [2.45, 2.75) is 58.0 Å². The molecule has 1 saturated carbocycles. The van der Waals surface area contributed by atoms with Gasteiger partial charge in [0.1, 0.15) is 5.82 Å². The third-order valence-electron chi connectivity index (χ3n) is 6.18. The van der Waals surface area contributed by atoms with E-state index >= 15 is 0 Å². The molecule has 1 saturated heterocycles. The molecule has 2 fully saturated rings. The van der Waals surface area contributed by atoms with E-state index in [-0.39, 0.29) is 23.4 Å². The summed E-state index contributed by atoms with van der Waals surface area (Å²) in [5.74, 6) is 0.633. The first-order valence-electron chi connectivity index (χ1n) is 11.9. The Kier molecular flexibility index (Phi) is 7.33. The van der Waals surface area contributed by atoms with Gasteiger partial charge in [-0.25, -0.2) is 4.98 Å². The van der Waals surface area contributed by atoms with E-state index in [1.807, 2.05) is 19.9 Å². The molecule has 1 amide bonds. The number of amides is 1. The van der Waals surface area contributed by atoms with Gasteiger partial charge < -0.3 is 20.5 Å². The SMILES string of the molecule is CCOc1cc(CN2CCC(NC(=O)c3ccc(C4CC4)nc3N)CC2)cc(OCC)c1F.